The normalized spacial score (nSPS) is 11.3. The molecule has 5 heteroatoms. The summed E-state index contributed by atoms with van der Waals surface area (Å²) in [5.41, 5.74) is 6.02. The number of aromatic nitrogens is 1. The number of rotatable bonds is 6. The molecule has 1 rings (SSSR count). The van der Waals surface area contributed by atoms with Crippen LogP contribution in [-0.2, 0) is 0 Å². The molecule has 0 aliphatic carbocycles. The van der Waals surface area contributed by atoms with Crippen LogP contribution < -0.4 is 15.8 Å². The van der Waals surface area contributed by atoms with E-state index in [2.05, 4.69) is 10.3 Å². The second kappa shape index (κ2) is 5.72. The van der Waals surface area contributed by atoms with Crippen molar-refractivity contribution >= 4 is 11.5 Å². The fourth-order valence-corrected chi connectivity index (χ4v) is 1.61. The van der Waals surface area contributed by atoms with Crippen molar-refractivity contribution in [2.75, 3.05) is 24.8 Å². The van der Waals surface area contributed by atoms with Crippen LogP contribution >= 0.6 is 0 Å². The summed E-state index contributed by atoms with van der Waals surface area (Å²) in [6.07, 6.45) is 1.58. The molecule has 0 radical (unpaired) electrons. The highest BCUT2D eigenvalue weighted by Gasteiger charge is 2.26. The van der Waals surface area contributed by atoms with Crippen molar-refractivity contribution in [1.82, 2.24) is 4.98 Å². The SMILES string of the molecule is CCC(CC)(CO)Nc1nc(OC)ccc1N. The monoisotopic (exact) mass is 239 g/mol. The van der Waals surface area contributed by atoms with Crippen molar-refractivity contribution in [2.45, 2.75) is 32.2 Å². The van der Waals surface area contributed by atoms with Gasteiger partial charge in [0.05, 0.1) is 24.9 Å². The molecule has 1 heterocycles. The topological polar surface area (TPSA) is 80.4 Å². The van der Waals surface area contributed by atoms with Crippen LogP contribution in [0.1, 0.15) is 26.7 Å². The van der Waals surface area contributed by atoms with Crippen molar-refractivity contribution in [3.05, 3.63) is 12.1 Å². The van der Waals surface area contributed by atoms with Crippen LogP contribution in [0.4, 0.5) is 11.5 Å². The Morgan fingerprint density at radius 2 is 2.06 bits per heavy atom. The van der Waals surface area contributed by atoms with Crippen molar-refractivity contribution in [3.8, 4) is 5.88 Å². The summed E-state index contributed by atoms with van der Waals surface area (Å²) in [6.45, 7) is 4.07. The molecule has 96 valence electrons. The molecule has 0 aliphatic heterocycles. The number of anilines is 2. The maximum absolute atomic E-state index is 9.49. The van der Waals surface area contributed by atoms with Gasteiger partial charge in [-0.05, 0) is 18.9 Å². The summed E-state index contributed by atoms with van der Waals surface area (Å²) >= 11 is 0. The van der Waals surface area contributed by atoms with Crippen LogP contribution in [0.5, 0.6) is 5.88 Å². The lowest BCUT2D eigenvalue weighted by Crippen LogP contribution is -2.41. The Balaban J connectivity index is 2.99. The lowest BCUT2D eigenvalue weighted by atomic mass is 9.94. The second-order valence-corrected chi connectivity index (χ2v) is 4.06. The lowest BCUT2D eigenvalue weighted by Gasteiger charge is -2.31. The van der Waals surface area contributed by atoms with Gasteiger partial charge in [-0.3, -0.25) is 0 Å². The van der Waals surface area contributed by atoms with Gasteiger partial charge in [0.1, 0.15) is 0 Å². The van der Waals surface area contributed by atoms with Gasteiger partial charge in [-0.15, -0.1) is 0 Å². The predicted molar refractivity (Wildman–Crippen MR) is 69.2 cm³/mol. The Labute approximate surface area is 102 Å². The fraction of sp³-hybridized carbons (Fsp3) is 0.583. The Morgan fingerprint density at radius 3 is 2.53 bits per heavy atom. The highest BCUT2D eigenvalue weighted by molar-refractivity contribution is 5.63. The molecule has 0 saturated carbocycles. The summed E-state index contributed by atoms with van der Waals surface area (Å²) in [4.78, 5) is 4.25. The average molecular weight is 239 g/mol. The summed E-state index contributed by atoms with van der Waals surface area (Å²) < 4.78 is 5.06. The number of nitrogens with two attached hydrogens (primary N) is 1. The van der Waals surface area contributed by atoms with E-state index in [1.165, 1.54) is 0 Å². The van der Waals surface area contributed by atoms with E-state index in [-0.39, 0.29) is 12.1 Å². The number of aliphatic hydroxyl groups is 1. The third-order valence-corrected chi connectivity index (χ3v) is 3.15. The number of pyridine rings is 1. The van der Waals surface area contributed by atoms with E-state index in [1.807, 2.05) is 13.8 Å². The number of nitrogens with one attached hydrogen (secondary N) is 1. The number of aliphatic hydroxyl groups excluding tert-OH is 1. The first kappa shape index (κ1) is 13.6. The maximum Gasteiger partial charge on any atom is 0.215 e. The zero-order chi connectivity index (χ0) is 12.9. The van der Waals surface area contributed by atoms with E-state index in [1.54, 1.807) is 19.2 Å². The first-order valence-electron chi connectivity index (χ1n) is 5.80. The lowest BCUT2D eigenvalue weighted by molar-refractivity contribution is 0.202. The van der Waals surface area contributed by atoms with Crippen molar-refractivity contribution < 1.29 is 9.84 Å². The molecule has 0 aromatic carbocycles. The minimum atomic E-state index is -0.381. The first-order chi connectivity index (χ1) is 8.10. The quantitative estimate of drug-likeness (QED) is 0.703. The molecule has 17 heavy (non-hydrogen) atoms. The Bertz CT molecular complexity index is 357. The van der Waals surface area contributed by atoms with Gasteiger partial charge >= 0.3 is 0 Å². The zero-order valence-corrected chi connectivity index (χ0v) is 10.7. The summed E-state index contributed by atoms with van der Waals surface area (Å²) in [6, 6.07) is 3.45. The molecule has 0 unspecified atom stereocenters. The molecular formula is C12H21N3O2. The minimum absolute atomic E-state index is 0.0400. The molecule has 0 amide bonds. The Morgan fingerprint density at radius 1 is 1.41 bits per heavy atom. The molecule has 0 bridgehead atoms. The fourth-order valence-electron chi connectivity index (χ4n) is 1.61. The van der Waals surface area contributed by atoms with Crippen LogP contribution in [0, 0.1) is 0 Å². The molecule has 0 spiro atoms. The van der Waals surface area contributed by atoms with Gasteiger partial charge in [0, 0.05) is 6.07 Å². The number of hydrogen-bond donors (Lipinski definition) is 3. The van der Waals surface area contributed by atoms with E-state index >= 15 is 0 Å². The highest BCUT2D eigenvalue weighted by Crippen LogP contribution is 2.26. The van der Waals surface area contributed by atoms with Crippen molar-refractivity contribution in [1.29, 1.82) is 0 Å². The van der Waals surface area contributed by atoms with E-state index in [4.69, 9.17) is 10.5 Å². The largest absolute Gasteiger partial charge is 0.481 e. The van der Waals surface area contributed by atoms with Crippen LogP contribution in [0.3, 0.4) is 0 Å². The van der Waals surface area contributed by atoms with Gasteiger partial charge in [-0.1, -0.05) is 13.8 Å². The predicted octanol–water partition coefficient (Wildman–Crippen LogP) is 1.64. The van der Waals surface area contributed by atoms with E-state index in [0.717, 1.165) is 12.8 Å². The standard InChI is InChI=1S/C12H21N3O2/c1-4-12(5-2,8-16)15-11-9(13)6-7-10(14-11)17-3/h6-7,16H,4-5,8,13H2,1-3H3,(H,14,15). The highest BCUT2D eigenvalue weighted by atomic mass is 16.5. The maximum atomic E-state index is 9.49. The number of ether oxygens (including phenoxy) is 1. The van der Waals surface area contributed by atoms with Gasteiger partial charge in [0.25, 0.3) is 0 Å². The molecule has 0 fully saturated rings. The zero-order valence-electron chi connectivity index (χ0n) is 10.7. The van der Waals surface area contributed by atoms with Crippen LogP contribution in [0.25, 0.3) is 0 Å². The smallest absolute Gasteiger partial charge is 0.215 e. The number of hydrogen-bond acceptors (Lipinski definition) is 5. The molecule has 0 atom stereocenters. The molecule has 4 N–H and O–H groups in total. The van der Waals surface area contributed by atoms with Gasteiger partial charge < -0.3 is 20.9 Å². The molecule has 0 aliphatic rings. The van der Waals surface area contributed by atoms with Crippen LogP contribution in [0.15, 0.2) is 12.1 Å². The average Bonchev–Trinajstić information content (AvgIpc) is 2.38. The molecule has 5 nitrogen and oxygen atoms in total. The molecule has 1 aromatic rings. The Kier molecular flexibility index (Phi) is 4.57. The second-order valence-electron chi connectivity index (χ2n) is 4.06. The van der Waals surface area contributed by atoms with Crippen LogP contribution in [-0.4, -0.2) is 29.3 Å². The van der Waals surface area contributed by atoms with Gasteiger partial charge in [-0.2, -0.15) is 4.98 Å². The van der Waals surface area contributed by atoms with E-state index in [9.17, 15) is 5.11 Å². The summed E-state index contributed by atoms with van der Waals surface area (Å²) in [5.74, 6) is 1.06. The molecule has 0 saturated heterocycles. The summed E-state index contributed by atoms with van der Waals surface area (Å²) in [7, 11) is 1.56. The van der Waals surface area contributed by atoms with Crippen molar-refractivity contribution in [3.63, 3.8) is 0 Å². The van der Waals surface area contributed by atoms with E-state index in [0.29, 0.717) is 17.4 Å². The van der Waals surface area contributed by atoms with Gasteiger partial charge in [-0.25, -0.2) is 0 Å². The molecular weight excluding hydrogens is 218 g/mol. The molecule has 1 aromatic heterocycles. The van der Waals surface area contributed by atoms with E-state index < -0.39 is 0 Å². The summed E-state index contributed by atoms with van der Waals surface area (Å²) in [5, 5.41) is 12.7. The van der Waals surface area contributed by atoms with Crippen LogP contribution in [0.2, 0.25) is 0 Å². The minimum Gasteiger partial charge on any atom is -0.481 e. The third-order valence-electron chi connectivity index (χ3n) is 3.15. The number of nitrogen functional groups attached to an aromatic ring is 1. The van der Waals surface area contributed by atoms with Crippen molar-refractivity contribution in [2.24, 2.45) is 0 Å². The van der Waals surface area contributed by atoms with Gasteiger partial charge in [0.2, 0.25) is 5.88 Å². The third kappa shape index (κ3) is 3.00. The Hall–Kier alpha value is -1.49. The first-order valence-corrected chi connectivity index (χ1v) is 5.80. The number of methoxy groups -OCH3 is 1. The number of nitrogens with zero attached hydrogens (tertiary/aromatic N) is 1. The van der Waals surface area contributed by atoms with Gasteiger partial charge in [0.15, 0.2) is 5.82 Å².